The molecule has 0 aromatic heterocycles. The molecule has 0 amide bonds. The van der Waals surface area contributed by atoms with Crippen LogP contribution in [0.3, 0.4) is 0 Å². The third kappa shape index (κ3) is 22.5. The lowest BCUT2D eigenvalue weighted by molar-refractivity contribution is 0.858. The SMILES string of the molecule is C[Si](C)(CCC[Si](CCC[Si](C)(C)CCP(c1ccccc1)c1ccccc1)(CCC[Si](C)(C)CCP(c1ccccc1)c1ccccc1)CCC[Si](C)(C)CCP(c1ccccc1)c1ccccc1)CCP(c1ccccc1)c1ccccc1. The van der Waals surface area contributed by atoms with Gasteiger partial charge in [-0.15, -0.1) is 0 Å². The fourth-order valence-electron chi connectivity index (χ4n) is 13.2. The van der Waals surface area contributed by atoms with Gasteiger partial charge in [-0.05, 0) is 98.8 Å². The van der Waals surface area contributed by atoms with Crippen molar-refractivity contribution in [3.8, 4) is 0 Å². The van der Waals surface area contributed by atoms with E-state index in [2.05, 4.69) is 295 Å². The van der Waals surface area contributed by atoms with Crippen molar-refractivity contribution in [3.05, 3.63) is 243 Å². The highest BCUT2D eigenvalue weighted by Gasteiger charge is 2.36. The predicted molar refractivity (Wildman–Crippen MR) is 408 cm³/mol. The van der Waals surface area contributed by atoms with Crippen molar-refractivity contribution in [1.82, 2.24) is 0 Å². The maximum absolute atomic E-state index is 2.77. The van der Waals surface area contributed by atoms with Crippen LogP contribution in [0.15, 0.2) is 243 Å². The van der Waals surface area contributed by atoms with Gasteiger partial charge in [0.15, 0.2) is 0 Å². The molecular weight excluding hydrogens is 1180 g/mol. The van der Waals surface area contributed by atoms with Gasteiger partial charge in [-0.2, -0.15) is 0 Å². The number of benzene rings is 8. The summed E-state index contributed by atoms with van der Waals surface area (Å²) in [5, 5.41) is 12.4. The minimum absolute atomic E-state index is 0.355. The third-order valence-electron chi connectivity index (χ3n) is 18.8. The largest absolute Gasteiger partial charge is 0.0693 e. The second kappa shape index (κ2) is 34.0. The van der Waals surface area contributed by atoms with Crippen LogP contribution >= 0.6 is 31.7 Å². The molecule has 0 aliphatic rings. The molecule has 0 atom stereocenters. The quantitative estimate of drug-likeness (QED) is 0.0271. The van der Waals surface area contributed by atoms with Crippen molar-refractivity contribution in [1.29, 1.82) is 0 Å². The van der Waals surface area contributed by atoms with Crippen LogP contribution < -0.4 is 42.4 Å². The van der Waals surface area contributed by atoms with Gasteiger partial charge in [0.2, 0.25) is 0 Å². The van der Waals surface area contributed by atoms with E-state index in [0.29, 0.717) is 0 Å². The van der Waals surface area contributed by atoms with E-state index in [4.69, 9.17) is 0 Å². The molecule has 85 heavy (non-hydrogen) atoms. The summed E-state index contributed by atoms with van der Waals surface area (Å²) in [6.45, 7) is 22.2. The van der Waals surface area contributed by atoms with Gasteiger partial charge < -0.3 is 0 Å². The summed E-state index contributed by atoms with van der Waals surface area (Å²) < 4.78 is 0. The second-order valence-electron chi connectivity index (χ2n) is 27.9. The molecule has 0 saturated carbocycles. The fraction of sp³-hybridized carbons (Fsp3) is 0.368. The van der Waals surface area contributed by atoms with Crippen molar-refractivity contribution in [3.63, 3.8) is 0 Å². The Kier molecular flexibility index (Phi) is 27.0. The van der Waals surface area contributed by atoms with Crippen LogP contribution in [0.5, 0.6) is 0 Å². The molecule has 448 valence electrons. The third-order valence-corrected chi connectivity index (χ3v) is 49.5. The summed E-state index contributed by atoms with van der Waals surface area (Å²) in [5.41, 5.74) is 0. The van der Waals surface area contributed by atoms with Crippen molar-refractivity contribution in [2.45, 2.75) is 151 Å². The molecular formula is C76H104P4Si5. The molecule has 0 aliphatic heterocycles. The number of hydrogen-bond donors (Lipinski definition) is 0. The number of hydrogen-bond acceptors (Lipinski definition) is 0. The Labute approximate surface area is 528 Å². The van der Waals surface area contributed by atoms with Crippen LogP contribution in [0, 0.1) is 0 Å². The zero-order valence-electron chi connectivity index (χ0n) is 53.5. The van der Waals surface area contributed by atoms with Crippen molar-refractivity contribution < 1.29 is 0 Å². The average Bonchev–Trinajstić information content (AvgIpc) is 3.72. The van der Waals surface area contributed by atoms with Gasteiger partial charge >= 0.3 is 0 Å². The van der Waals surface area contributed by atoms with E-state index < -0.39 is 40.4 Å². The van der Waals surface area contributed by atoms with Gasteiger partial charge in [0.05, 0.1) is 8.07 Å². The Morgan fingerprint density at radius 1 is 0.188 bits per heavy atom. The van der Waals surface area contributed by atoms with E-state index in [1.165, 1.54) is 98.7 Å². The lowest BCUT2D eigenvalue weighted by Crippen LogP contribution is -2.38. The van der Waals surface area contributed by atoms with Crippen LogP contribution in [0.4, 0.5) is 0 Å². The van der Waals surface area contributed by atoms with E-state index >= 15 is 0 Å². The summed E-state index contributed by atoms with van der Waals surface area (Å²) in [5.74, 6) is 0. The number of rotatable bonds is 36. The maximum Gasteiger partial charge on any atom is 0.0535 e. The minimum atomic E-state index is -1.69. The van der Waals surface area contributed by atoms with Crippen molar-refractivity contribution in [2.75, 3.05) is 24.6 Å². The summed E-state index contributed by atoms with van der Waals surface area (Å²) in [6, 6.07) is 110. The van der Waals surface area contributed by atoms with E-state index in [9.17, 15) is 0 Å². The molecule has 8 rings (SSSR count). The Balaban J connectivity index is 1.02. The van der Waals surface area contributed by atoms with E-state index in [-0.39, 0.29) is 31.7 Å². The van der Waals surface area contributed by atoms with E-state index in [1.54, 1.807) is 66.6 Å². The molecule has 8 aromatic carbocycles. The molecule has 0 fully saturated rings. The molecule has 9 heteroatoms. The Bertz CT molecular complexity index is 2500. The van der Waals surface area contributed by atoms with Crippen molar-refractivity contribution in [2.24, 2.45) is 0 Å². The van der Waals surface area contributed by atoms with Gasteiger partial charge in [-0.25, -0.2) is 0 Å². The first-order valence-corrected chi connectivity index (χ1v) is 55.2. The molecule has 0 unspecified atom stereocenters. The zero-order valence-corrected chi connectivity index (χ0v) is 62.1. The smallest absolute Gasteiger partial charge is 0.0535 e. The second-order valence-corrected chi connectivity index (χ2v) is 63.5. The van der Waals surface area contributed by atoms with Crippen LogP contribution in [0.1, 0.15) is 25.7 Å². The first kappa shape index (κ1) is 67.5. The minimum Gasteiger partial charge on any atom is -0.0693 e. The lowest BCUT2D eigenvalue weighted by atomic mass is 10.4. The highest BCUT2D eigenvalue weighted by Crippen LogP contribution is 2.44. The summed E-state index contributed by atoms with van der Waals surface area (Å²) >= 11 is 0. The standard InChI is InChI=1S/C76H104P4Si5/c1-81(2,65-53-77(69-37-17-9-18-38-69)70-39-19-10-20-40-70)57-33-61-85(62-34-58-82(3,4)66-54-78(71-41-21-11-22-42-71)72-43-23-12-24-44-72,63-35-59-83(5,6)67-55-79(73-45-25-13-26-46-73)74-47-27-14-28-48-74)64-36-60-84(7,8)68-56-80(75-49-29-15-30-50-75)76-51-31-16-32-52-76/h9-32,37-52H,33-36,53-68H2,1-8H3. The summed E-state index contributed by atoms with van der Waals surface area (Å²) in [4.78, 5) is 0. The molecule has 0 saturated heterocycles. The molecule has 0 radical (unpaired) electrons. The fourth-order valence-corrected chi connectivity index (χ4v) is 46.1. The topological polar surface area (TPSA) is 0 Å². The van der Waals surface area contributed by atoms with Gasteiger partial charge in [0.1, 0.15) is 0 Å². The lowest BCUT2D eigenvalue weighted by Gasteiger charge is -2.37. The van der Waals surface area contributed by atoms with E-state index in [0.717, 1.165) is 0 Å². The molecule has 0 nitrogen and oxygen atoms in total. The Morgan fingerprint density at radius 3 is 0.471 bits per heavy atom. The summed E-state index contributed by atoms with van der Waals surface area (Å²) in [6.07, 6.45) is 11.2. The highest BCUT2D eigenvalue weighted by atomic mass is 31.1. The predicted octanol–water partition coefficient (Wildman–Crippen LogP) is 20.4. The summed E-state index contributed by atoms with van der Waals surface area (Å²) in [7, 11) is -9.05. The van der Waals surface area contributed by atoms with Crippen molar-refractivity contribution >= 4 is 114 Å². The van der Waals surface area contributed by atoms with E-state index in [1.807, 2.05) is 0 Å². The van der Waals surface area contributed by atoms with Gasteiger partial charge in [0.25, 0.3) is 0 Å². The highest BCUT2D eigenvalue weighted by molar-refractivity contribution is 7.74. The van der Waals surface area contributed by atoms with Crippen LogP contribution in [0.2, 0.25) is 125 Å². The monoisotopic (exact) mass is 1280 g/mol. The van der Waals surface area contributed by atoms with Gasteiger partial charge in [0, 0.05) is 32.3 Å². The molecule has 0 spiro atoms. The molecule has 0 heterocycles. The normalized spacial score (nSPS) is 12.7. The zero-order chi connectivity index (χ0) is 59.9. The molecule has 0 aliphatic carbocycles. The molecule has 0 bridgehead atoms. The molecule has 8 aromatic rings. The van der Waals surface area contributed by atoms with Gasteiger partial charge in [-0.3, -0.25) is 0 Å². The van der Waals surface area contributed by atoms with Crippen LogP contribution in [-0.2, 0) is 0 Å². The Hall–Kier alpha value is -3.44. The first-order valence-electron chi connectivity index (χ1n) is 32.6. The Morgan fingerprint density at radius 2 is 0.329 bits per heavy atom. The first-order chi connectivity index (χ1) is 41.1. The van der Waals surface area contributed by atoms with Crippen LogP contribution in [0.25, 0.3) is 0 Å². The average molecular weight is 1280 g/mol. The van der Waals surface area contributed by atoms with Gasteiger partial charge in [-0.1, -0.05) is 393 Å². The maximum atomic E-state index is 2.77. The molecule has 0 N–H and O–H groups in total. The van der Waals surface area contributed by atoms with Crippen LogP contribution in [-0.4, -0.2) is 65.0 Å².